The van der Waals surface area contributed by atoms with Gasteiger partial charge in [-0.3, -0.25) is 4.79 Å². The summed E-state index contributed by atoms with van der Waals surface area (Å²) in [5.74, 6) is 0.160. The lowest BCUT2D eigenvalue weighted by Crippen LogP contribution is -2.10. The van der Waals surface area contributed by atoms with E-state index in [1.807, 2.05) is 14.0 Å². The fourth-order valence-electron chi connectivity index (χ4n) is 3.82. The number of nitrogens with one attached hydrogen (secondary N) is 1. The summed E-state index contributed by atoms with van der Waals surface area (Å²) in [7, 11) is 3.28. The van der Waals surface area contributed by atoms with Crippen molar-refractivity contribution in [1.82, 2.24) is 0 Å². The number of methoxy groups -OCH3 is 1. The zero-order valence-corrected chi connectivity index (χ0v) is 16.0. The van der Waals surface area contributed by atoms with Crippen LogP contribution in [0.1, 0.15) is 71.1 Å². The lowest BCUT2D eigenvalue weighted by atomic mass is 9.87. The third-order valence-corrected chi connectivity index (χ3v) is 5.43. The van der Waals surface area contributed by atoms with Crippen molar-refractivity contribution in [3.05, 3.63) is 39.5 Å². The molecule has 1 heterocycles. The molecule has 5 heteroatoms. The molecule has 1 saturated carbocycles. The molecule has 0 aromatic heterocycles. The highest BCUT2D eigenvalue weighted by Crippen LogP contribution is 2.48. The second kappa shape index (κ2) is 7.52. The summed E-state index contributed by atoms with van der Waals surface area (Å²) < 4.78 is 10.0. The van der Waals surface area contributed by atoms with Crippen molar-refractivity contribution in [2.75, 3.05) is 19.5 Å². The molecule has 3 rings (SSSR count). The molecule has 26 heavy (non-hydrogen) atoms. The Labute approximate surface area is 154 Å². The third-order valence-electron chi connectivity index (χ3n) is 5.43. The molecule has 0 unspecified atom stereocenters. The van der Waals surface area contributed by atoms with Gasteiger partial charge in [0.25, 0.3) is 0 Å². The van der Waals surface area contributed by atoms with E-state index in [9.17, 15) is 9.59 Å². The summed E-state index contributed by atoms with van der Waals surface area (Å²) in [5.41, 5.74) is 7.59. The number of benzene rings is 1. The van der Waals surface area contributed by atoms with Crippen molar-refractivity contribution in [3.8, 4) is 0 Å². The summed E-state index contributed by atoms with van der Waals surface area (Å²) in [6.45, 7) is 4.53. The number of hydrogen-bond donors (Lipinski definition) is 1. The average Bonchev–Trinajstić information content (AvgIpc) is 3.40. The van der Waals surface area contributed by atoms with Crippen LogP contribution in [-0.4, -0.2) is 26.1 Å². The van der Waals surface area contributed by atoms with E-state index in [4.69, 9.17) is 9.47 Å². The number of ether oxygens (including phenoxy) is 2. The van der Waals surface area contributed by atoms with Gasteiger partial charge >= 0.3 is 11.9 Å². The molecule has 1 aliphatic carbocycles. The average molecular weight is 357 g/mol. The molecule has 1 aliphatic heterocycles. The molecule has 0 saturated heterocycles. The smallest absolute Gasteiger partial charge is 0.341 e. The van der Waals surface area contributed by atoms with Crippen LogP contribution in [0.3, 0.4) is 0 Å². The summed E-state index contributed by atoms with van der Waals surface area (Å²) in [6.07, 6.45) is 6.40. The van der Waals surface area contributed by atoms with Crippen LogP contribution in [0.4, 0.5) is 5.69 Å². The predicted molar refractivity (Wildman–Crippen MR) is 101 cm³/mol. The van der Waals surface area contributed by atoms with Gasteiger partial charge in [0, 0.05) is 19.0 Å². The fourth-order valence-corrected chi connectivity index (χ4v) is 3.82. The van der Waals surface area contributed by atoms with Crippen molar-refractivity contribution in [3.63, 3.8) is 0 Å². The molecular formula is C21H27NO4. The van der Waals surface area contributed by atoms with Gasteiger partial charge in [-0.25, -0.2) is 4.79 Å². The Morgan fingerprint density at radius 1 is 1.35 bits per heavy atom. The zero-order valence-electron chi connectivity index (χ0n) is 16.0. The number of carbonyl (C=O) groups excluding carboxylic acids is 2. The Kier molecular flexibility index (Phi) is 5.35. The van der Waals surface area contributed by atoms with Crippen LogP contribution < -0.4 is 5.32 Å². The second-order valence-corrected chi connectivity index (χ2v) is 7.18. The maximum Gasteiger partial charge on any atom is 0.341 e. The highest BCUT2D eigenvalue weighted by Gasteiger charge is 2.35. The molecule has 0 atom stereocenters. The highest BCUT2D eigenvalue weighted by molar-refractivity contribution is 6.01. The number of anilines is 1. The van der Waals surface area contributed by atoms with Crippen molar-refractivity contribution >= 4 is 17.6 Å². The minimum atomic E-state index is -0.234. The van der Waals surface area contributed by atoms with E-state index in [1.165, 1.54) is 36.6 Å². The van der Waals surface area contributed by atoms with E-state index < -0.39 is 0 Å². The van der Waals surface area contributed by atoms with E-state index in [1.54, 1.807) is 0 Å². The van der Waals surface area contributed by atoms with Crippen LogP contribution in [0.25, 0.3) is 0 Å². The Morgan fingerprint density at radius 2 is 2.08 bits per heavy atom. The molecular weight excluding hydrogens is 330 g/mol. The van der Waals surface area contributed by atoms with Crippen LogP contribution >= 0.6 is 0 Å². The zero-order chi connectivity index (χ0) is 18.8. The number of allylic oxidation sites excluding steroid dienone is 2. The summed E-state index contributed by atoms with van der Waals surface area (Å²) in [5, 5.41) is 3.26. The first-order chi connectivity index (χ1) is 12.5. The number of fused-ring (bicyclic) bond motifs is 1. The Balaban J connectivity index is 1.95. The summed E-state index contributed by atoms with van der Waals surface area (Å²) in [4.78, 5) is 23.6. The van der Waals surface area contributed by atoms with Gasteiger partial charge in [0.15, 0.2) is 0 Å². The number of rotatable bonds is 7. The first kappa shape index (κ1) is 18.5. The molecule has 1 fully saturated rings. The molecule has 0 amide bonds. The molecule has 1 aromatic rings. The molecule has 1 aromatic carbocycles. The molecule has 2 aliphatic rings. The number of carbonyl (C=O) groups is 2. The van der Waals surface area contributed by atoms with Crippen molar-refractivity contribution in [2.24, 2.45) is 0 Å². The Bertz CT molecular complexity index is 775. The van der Waals surface area contributed by atoms with Crippen LogP contribution in [0.15, 0.2) is 11.6 Å². The van der Waals surface area contributed by atoms with Gasteiger partial charge in [0.2, 0.25) is 0 Å². The van der Waals surface area contributed by atoms with E-state index in [2.05, 4.69) is 18.3 Å². The number of esters is 2. The number of cyclic esters (lactones) is 1. The maximum atomic E-state index is 12.3. The monoisotopic (exact) mass is 357 g/mol. The molecule has 0 bridgehead atoms. The van der Waals surface area contributed by atoms with Crippen molar-refractivity contribution < 1.29 is 19.1 Å². The largest absolute Gasteiger partial charge is 0.469 e. The fraction of sp³-hybridized carbons (Fsp3) is 0.524. The van der Waals surface area contributed by atoms with Crippen LogP contribution in [-0.2, 0) is 27.3 Å². The molecule has 0 radical (unpaired) electrons. The van der Waals surface area contributed by atoms with Crippen molar-refractivity contribution in [2.45, 2.75) is 58.5 Å². The first-order valence-electron chi connectivity index (χ1n) is 9.23. The van der Waals surface area contributed by atoms with Gasteiger partial charge in [-0.2, -0.15) is 0 Å². The van der Waals surface area contributed by atoms with Gasteiger partial charge in [-0.15, -0.1) is 0 Å². The lowest BCUT2D eigenvalue weighted by Gasteiger charge is -2.20. The Morgan fingerprint density at radius 3 is 2.69 bits per heavy atom. The maximum absolute atomic E-state index is 12.3. The number of hydrogen-bond acceptors (Lipinski definition) is 5. The van der Waals surface area contributed by atoms with Gasteiger partial charge < -0.3 is 14.8 Å². The van der Waals surface area contributed by atoms with E-state index in [-0.39, 0.29) is 11.9 Å². The summed E-state index contributed by atoms with van der Waals surface area (Å²) >= 11 is 0. The van der Waals surface area contributed by atoms with Crippen LogP contribution in [0.5, 0.6) is 0 Å². The molecule has 0 spiro atoms. The second-order valence-electron chi connectivity index (χ2n) is 7.18. The molecule has 140 valence electrons. The van der Waals surface area contributed by atoms with Gasteiger partial charge in [0.05, 0.1) is 18.4 Å². The van der Waals surface area contributed by atoms with Gasteiger partial charge in [0.1, 0.15) is 6.61 Å². The third kappa shape index (κ3) is 3.48. The highest BCUT2D eigenvalue weighted by atomic mass is 16.5. The van der Waals surface area contributed by atoms with E-state index in [0.717, 1.165) is 23.2 Å². The minimum absolute atomic E-state index is 0.191. The standard InChI is InChI=1S/C21H27NO4/c1-12(6-10-17(23)25-4)5-9-15-18(14-7-8-14)13(2)16-11-26-21(24)19(16)20(15)22-3/h5,14,22H,6-11H2,1-4H3/b12-5+. The van der Waals surface area contributed by atoms with Crippen LogP contribution in [0.2, 0.25) is 0 Å². The predicted octanol–water partition coefficient (Wildman–Crippen LogP) is 4.03. The normalized spacial score (nSPS) is 16.3. The van der Waals surface area contributed by atoms with E-state index in [0.29, 0.717) is 30.9 Å². The SMILES string of the molecule is CNc1c(C/C=C(\C)CCC(=O)OC)c(C2CC2)c(C)c2c1C(=O)OC2. The van der Waals surface area contributed by atoms with Gasteiger partial charge in [-0.1, -0.05) is 11.6 Å². The van der Waals surface area contributed by atoms with Crippen molar-refractivity contribution in [1.29, 1.82) is 0 Å². The quantitative estimate of drug-likeness (QED) is 0.590. The molecule has 1 N–H and O–H groups in total. The van der Waals surface area contributed by atoms with Gasteiger partial charge in [-0.05, 0) is 62.1 Å². The first-order valence-corrected chi connectivity index (χ1v) is 9.23. The topological polar surface area (TPSA) is 64.6 Å². The molecule has 5 nitrogen and oxygen atoms in total. The van der Waals surface area contributed by atoms with E-state index >= 15 is 0 Å². The minimum Gasteiger partial charge on any atom is -0.469 e. The summed E-state index contributed by atoms with van der Waals surface area (Å²) in [6, 6.07) is 0. The lowest BCUT2D eigenvalue weighted by molar-refractivity contribution is -0.140. The van der Waals surface area contributed by atoms with Crippen LogP contribution in [0, 0.1) is 6.92 Å². The Hall–Kier alpha value is -2.30.